The second kappa shape index (κ2) is 7.68. The van der Waals surface area contributed by atoms with Gasteiger partial charge in [0.1, 0.15) is 23.2 Å². The second-order valence-electron chi connectivity index (χ2n) is 5.34. The third-order valence-corrected chi connectivity index (χ3v) is 3.63. The lowest BCUT2D eigenvalue weighted by atomic mass is 10.0. The van der Waals surface area contributed by atoms with Crippen molar-refractivity contribution in [1.82, 2.24) is 5.32 Å². The summed E-state index contributed by atoms with van der Waals surface area (Å²) in [5.41, 5.74) is 0.963. The molecule has 0 aliphatic heterocycles. The molecule has 0 radical (unpaired) electrons. The maximum atomic E-state index is 13.6. The molecule has 0 saturated heterocycles. The number of aliphatic carboxylic acids is 1. The number of nitrogens with one attached hydrogen (secondary N) is 1. The van der Waals surface area contributed by atoms with Gasteiger partial charge < -0.3 is 10.4 Å². The van der Waals surface area contributed by atoms with E-state index in [0.717, 1.165) is 35.7 Å². The summed E-state index contributed by atoms with van der Waals surface area (Å²) in [6.07, 6.45) is 0.809. The molecule has 24 heavy (non-hydrogen) atoms. The number of carboxylic acids is 1. The Bertz CT molecular complexity index is 741. The minimum Gasteiger partial charge on any atom is -0.480 e. The highest BCUT2D eigenvalue weighted by molar-refractivity contribution is 5.97. The van der Waals surface area contributed by atoms with Gasteiger partial charge in [0.25, 0.3) is 5.91 Å². The smallest absolute Gasteiger partial charge is 0.326 e. The second-order valence-corrected chi connectivity index (χ2v) is 5.34. The number of halogens is 2. The van der Waals surface area contributed by atoms with Crippen LogP contribution in [0.4, 0.5) is 8.78 Å². The summed E-state index contributed by atoms with van der Waals surface area (Å²) in [7, 11) is 0. The van der Waals surface area contributed by atoms with Crippen LogP contribution in [0.15, 0.2) is 42.5 Å². The van der Waals surface area contributed by atoms with Gasteiger partial charge in [0.05, 0.1) is 0 Å². The van der Waals surface area contributed by atoms with Gasteiger partial charge in [-0.3, -0.25) is 4.79 Å². The van der Waals surface area contributed by atoms with E-state index in [1.165, 1.54) is 0 Å². The molecule has 2 aromatic rings. The van der Waals surface area contributed by atoms with Crippen molar-refractivity contribution >= 4 is 11.9 Å². The zero-order valence-corrected chi connectivity index (χ0v) is 13.1. The number of hydrogen-bond donors (Lipinski definition) is 2. The van der Waals surface area contributed by atoms with E-state index in [2.05, 4.69) is 5.32 Å². The minimum absolute atomic E-state index is 0.0188. The first-order valence-corrected chi connectivity index (χ1v) is 7.48. The van der Waals surface area contributed by atoms with Crippen molar-refractivity contribution in [2.24, 2.45) is 0 Å². The number of carbonyl (C=O) groups excluding carboxylic acids is 1. The standard InChI is InChI=1S/C18H17F2NO3/c1-2-11-5-3-6-12(9-11)10-15(18(23)24)21-17(22)16-13(19)7-4-8-14(16)20/h3-9,15H,2,10H2,1H3,(H,21,22)(H,23,24)/t15-/m0/s1. The molecule has 0 saturated carbocycles. The Hall–Kier alpha value is -2.76. The highest BCUT2D eigenvalue weighted by atomic mass is 19.1. The monoisotopic (exact) mass is 333 g/mol. The van der Waals surface area contributed by atoms with E-state index in [1.54, 1.807) is 12.1 Å². The predicted molar refractivity (Wildman–Crippen MR) is 84.8 cm³/mol. The molecule has 0 aliphatic carbocycles. The summed E-state index contributed by atoms with van der Waals surface area (Å²) in [6.45, 7) is 1.97. The molecule has 0 bridgehead atoms. The van der Waals surface area contributed by atoms with E-state index in [4.69, 9.17) is 0 Å². The van der Waals surface area contributed by atoms with Gasteiger partial charge in [-0.2, -0.15) is 0 Å². The highest BCUT2D eigenvalue weighted by Crippen LogP contribution is 2.13. The fourth-order valence-corrected chi connectivity index (χ4v) is 2.36. The Morgan fingerprint density at radius 3 is 2.25 bits per heavy atom. The zero-order chi connectivity index (χ0) is 17.7. The van der Waals surface area contributed by atoms with Crippen molar-refractivity contribution in [3.63, 3.8) is 0 Å². The molecular formula is C18H17F2NO3. The molecule has 2 aromatic carbocycles. The van der Waals surface area contributed by atoms with Crippen LogP contribution in [0.2, 0.25) is 0 Å². The van der Waals surface area contributed by atoms with Crippen molar-refractivity contribution in [3.8, 4) is 0 Å². The normalized spacial score (nSPS) is 11.8. The summed E-state index contributed by atoms with van der Waals surface area (Å²) in [5.74, 6) is -4.44. The van der Waals surface area contributed by atoms with Gasteiger partial charge in [-0.25, -0.2) is 13.6 Å². The molecule has 2 N–H and O–H groups in total. The number of rotatable bonds is 6. The molecule has 2 rings (SSSR count). The van der Waals surface area contributed by atoms with Gasteiger partial charge in [0.15, 0.2) is 0 Å². The summed E-state index contributed by atoms with van der Waals surface area (Å²) >= 11 is 0. The third kappa shape index (κ3) is 4.16. The van der Waals surface area contributed by atoms with Crippen LogP contribution < -0.4 is 5.32 Å². The van der Waals surface area contributed by atoms with Crippen LogP contribution in [0.3, 0.4) is 0 Å². The highest BCUT2D eigenvalue weighted by Gasteiger charge is 2.24. The molecule has 0 unspecified atom stereocenters. The first kappa shape index (κ1) is 17.6. The third-order valence-electron chi connectivity index (χ3n) is 3.63. The van der Waals surface area contributed by atoms with Crippen molar-refractivity contribution in [1.29, 1.82) is 0 Å². The van der Waals surface area contributed by atoms with Crippen LogP contribution in [0.5, 0.6) is 0 Å². The molecule has 1 amide bonds. The molecular weight excluding hydrogens is 316 g/mol. The van der Waals surface area contributed by atoms with Crippen molar-refractivity contribution in [2.45, 2.75) is 25.8 Å². The number of hydrogen-bond acceptors (Lipinski definition) is 2. The van der Waals surface area contributed by atoms with Crippen LogP contribution in [-0.4, -0.2) is 23.0 Å². The minimum atomic E-state index is -1.29. The number of carbonyl (C=O) groups is 2. The number of benzene rings is 2. The average Bonchev–Trinajstić information content (AvgIpc) is 2.54. The lowest BCUT2D eigenvalue weighted by molar-refractivity contribution is -0.139. The van der Waals surface area contributed by atoms with E-state index in [9.17, 15) is 23.5 Å². The topological polar surface area (TPSA) is 66.4 Å². The summed E-state index contributed by atoms with van der Waals surface area (Å²) in [5, 5.41) is 11.5. The predicted octanol–water partition coefficient (Wildman–Crippen LogP) is 2.95. The van der Waals surface area contributed by atoms with E-state index >= 15 is 0 Å². The summed E-state index contributed by atoms with van der Waals surface area (Å²) < 4.78 is 27.3. The SMILES string of the molecule is CCc1cccc(C[C@H](NC(=O)c2c(F)cccc2F)C(=O)O)c1. The fourth-order valence-electron chi connectivity index (χ4n) is 2.36. The van der Waals surface area contributed by atoms with Gasteiger partial charge in [0, 0.05) is 6.42 Å². The van der Waals surface area contributed by atoms with Gasteiger partial charge in [-0.15, -0.1) is 0 Å². The Morgan fingerprint density at radius 2 is 1.67 bits per heavy atom. The first-order chi connectivity index (χ1) is 11.4. The Labute approximate surface area is 138 Å². The molecule has 126 valence electrons. The van der Waals surface area contributed by atoms with Crippen LogP contribution in [0.1, 0.15) is 28.4 Å². The van der Waals surface area contributed by atoms with Crippen LogP contribution >= 0.6 is 0 Å². The quantitative estimate of drug-likeness (QED) is 0.854. The average molecular weight is 333 g/mol. The van der Waals surface area contributed by atoms with Gasteiger partial charge in [-0.1, -0.05) is 37.3 Å². The largest absolute Gasteiger partial charge is 0.480 e. The lowest BCUT2D eigenvalue weighted by Gasteiger charge is -2.15. The Kier molecular flexibility index (Phi) is 5.63. The van der Waals surface area contributed by atoms with E-state index in [1.807, 2.05) is 19.1 Å². The Morgan fingerprint density at radius 1 is 1.08 bits per heavy atom. The van der Waals surface area contributed by atoms with Crippen molar-refractivity contribution in [3.05, 3.63) is 70.8 Å². The maximum Gasteiger partial charge on any atom is 0.326 e. The van der Waals surface area contributed by atoms with Crippen LogP contribution in [0.25, 0.3) is 0 Å². The fraction of sp³-hybridized carbons (Fsp3) is 0.222. The summed E-state index contributed by atoms with van der Waals surface area (Å²) in [6, 6.07) is 9.02. The van der Waals surface area contributed by atoms with Gasteiger partial charge in [0.2, 0.25) is 0 Å². The van der Waals surface area contributed by atoms with Gasteiger partial charge >= 0.3 is 5.97 Å². The molecule has 4 nitrogen and oxygen atoms in total. The van der Waals surface area contributed by atoms with Crippen LogP contribution in [-0.2, 0) is 17.6 Å². The van der Waals surface area contributed by atoms with E-state index < -0.39 is 35.1 Å². The molecule has 1 atom stereocenters. The van der Waals surface area contributed by atoms with E-state index in [0.29, 0.717) is 0 Å². The molecule has 0 aliphatic rings. The van der Waals surface area contributed by atoms with Crippen LogP contribution in [0, 0.1) is 11.6 Å². The number of carboxylic acid groups (broad SMARTS) is 1. The number of aryl methyl sites for hydroxylation is 1. The summed E-state index contributed by atoms with van der Waals surface area (Å²) in [4.78, 5) is 23.5. The van der Waals surface area contributed by atoms with Crippen molar-refractivity contribution in [2.75, 3.05) is 0 Å². The van der Waals surface area contributed by atoms with Crippen molar-refractivity contribution < 1.29 is 23.5 Å². The zero-order valence-electron chi connectivity index (χ0n) is 13.1. The van der Waals surface area contributed by atoms with E-state index in [-0.39, 0.29) is 6.42 Å². The Balaban J connectivity index is 2.19. The number of amides is 1. The first-order valence-electron chi connectivity index (χ1n) is 7.48. The lowest BCUT2D eigenvalue weighted by Crippen LogP contribution is -2.43. The van der Waals surface area contributed by atoms with Gasteiger partial charge in [-0.05, 0) is 29.7 Å². The molecule has 0 aromatic heterocycles. The maximum absolute atomic E-state index is 13.6. The molecule has 0 fully saturated rings. The molecule has 0 heterocycles. The molecule has 0 spiro atoms. The molecule has 6 heteroatoms.